The molecule has 0 aliphatic heterocycles. The van der Waals surface area contributed by atoms with Crippen LogP contribution in [-0.2, 0) is 0 Å². The molecule has 0 saturated carbocycles. The first-order valence-corrected chi connectivity index (χ1v) is 3.51. The summed E-state index contributed by atoms with van der Waals surface area (Å²) >= 11 is 0. The van der Waals surface area contributed by atoms with Gasteiger partial charge in [0.25, 0.3) is 6.43 Å². The fourth-order valence-electron chi connectivity index (χ4n) is 0.963. The van der Waals surface area contributed by atoms with Crippen LogP contribution in [0.1, 0.15) is 32.7 Å². The third-order valence-corrected chi connectivity index (χ3v) is 1.61. The van der Waals surface area contributed by atoms with Crippen molar-refractivity contribution in [3.63, 3.8) is 0 Å². The highest BCUT2D eigenvalue weighted by Crippen LogP contribution is 2.22. The van der Waals surface area contributed by atoms with Gasteiger partial charge >= 0.3 is 0 Å². The van der Waals surface area contributed by atoms with Crippen LogP contribution in [0.25, 0.3) is 0 Å². The quantitative estimate of drug-likeness (QED) is 0.675. The minimum absolute atomic E-state index is 0.0828. The minimum Gasteiger partial charge on any atom is -0.298 e. The second-order valence-electron chi connectivity index (χ2n) is 2.42. The number of rotatable bonds is 3. The second kappa shape index (κ2) is 3.89. The lowest BCUT2D eigenvalue weighted by Gasteiger charge is -2.03. The predicted molar refractivity (Wildman–Crippen MR) is 42.2 cm³/mol. The molecule has 0 N–H and O–H groups in total. The summed E-state index contributed by atoms with van der Waals surface area (Å²) < 4.78 is 24.5. The minimum atomic E-state index is -2.74. The maximum Gasteiger partial charge on any atom is 0.264 e. The van der Waals surface area contributed by atoms with E-state index in [1.54, 1.807) is 0 Å². The number of hydrogen-bond acceptors (Lipinski definition) is 2. The molecule has 0 aliphatic carbocycles. The van der Waals surface area contributed by atoms with Crippen molar-refractivity contribution in [2.75, 3.05) is 0 Å². The Morgan fingerprint density at radius 3 is 2.31 bits per heavy atom. The summed E-state index contributed by atoms with van der Waals surface area (Å²) in [6.07, 6.45) is -1.93. The van der Waals surface area contributed by atoms with Gasteiger partial charge in [-0.25, -0.2) is 8.78 Å². The number of aldehydes is 2. The van der Waals surface area contributed by atoms with Gasteiger partial charge in [0.15, 0.2) is 6.29 Å². The van der Waals surface area contributed by atoms with Crippen LogP contribution >= 0.6 is 0 Å². The van der Waals surface area contributed by atoms with Gasteiger partial charge in [-0.15, -0.1) is 0 Å². The van der Waals surface area contributed by atoms with E-state index in [9.17, 15) is 18.4 Å². The van der Waals surface area contributed by atoms with E-state index in [0.717, 1.165) is 6.07 Å². The molecular formula is C9H6F2O2. The summed E-state index contributed by atoms with van der Waals surface area (Å²) in [6.45, 7) is 0. The van der Waals surface area contributed by atoms with Crippen LogP contribution in [0.3, 0.4) is 0 Å². The van der Waals surface area contributed by atoms with Crippen molar-refractivity contribution in [3.05, 3.63) is 34.9 Å². The van der Waals surface area contributed by atoms with Crippen molar-refractivity contribution in [3.8, 4) is 0 Å². The van der Waals surface area contributed by atoms with Crippen LogP contribution in [-0.4, -0.2) is 12.6 Å². The summed E-state index contributed by atoms with van der Waals surface area (Å²) in [4.78, 5) is 20.6. The van der Waals surface area contributed by atoms with Crippen molar-refractivity contribution in [1.82, 2.24) is 0 Å². The highest BCUT2D eigenvalue weighted by atomic mass is 19.3. The van der Waals surface area contributed by atoms with Crippen LogP contribution in [0.4, 0.5) is 8.78 Å². The van der Waals surface area contributed by atoms with E-state index in [-0.39, 0.29) is 11.1 Å². The van der Waals surface area contributed by atoms with Crippen LogP contribution in [0.15, 0.2) is 18.2 Å². The third kappa shape index (κ3) is 1.96. The molecule has 0 radical (unpaired) electrons. The van der Waals surface area contributed by atoms with E-state index >= 15 is 0 Å². The summed E-state index contributed by atoms with van der Waals surface area (Å²) in [6, 6.07) is 3.54. The second-order valence-corrected chi connectivity index (χ2v) is 2.42. The monoisotopic (exact) mass is 184 g/mol. The molecule has 0 atom stereocenters. The molecule has 0 bridgehead atoms. The predicted octanol–water partition coefficient (Wildman–Crippen LogP) is 2.25. The van der Waals surface area contributed by atoms with E-state index in [0.29, 0.717) is 12.6 Å². The average molecular weight is 184 g/mol. The van der Waals surface area contributed by atoms with Gasteiger partial charge in [-0.3, -0.25) is 9.59 Å². The first-order chi connectivity index (χ1) is 6.19. The molecule has 0 saturated heterocycles. The molecule has 0 heterocycles. The van der Waals surface area contributed by atoms with Gasteiger partial charge in [-0.2, -0.15) is 0 Å². The molecule has 1 aromatic rings. The number of halogens is 2. The Kier molecular flexibility index (Phi) is 2.84. The van der Waals surface area contributed by atoms with Crippen LogP contribution < -0.4 is 0 Å². The molecule has 4 heteroatoms. The molecule has 0 fully saturated rings. The zero-order chi connectivity index (χ0) is 9.84. The average Bonchev–Trinajstić information content (AvgIpc) is 2.16. The summed E-state index contributed by atoms with van der Waals surface area (Å²) in [7, 11) is 0. The van der Waals surface area contributed by atoms with E-state index in [2.05, 4.69) is 0 Å². The van der Waals surface area contributed by atoms with E-state index in [4.69, 9.17) is 0 Å². The molecule has 0 spiro atoms. The van der Waals surface area contributed by atoms with Gasteiger partial charge in [0.2, 0.25) is 0 Å². The first kappa shape index (κ1) is 9.51. The zero-order valence-electron chi connectivity index (χ0n) is 6.54. The Hall–Kier alpha value is -1.58. The highest BCUT2D eigenvalue weighted by Gasteiger charge is 2.12. The zero-order valence-corrected chi connectivity index (χ0v) is 6.54. The molecular weight excluding hydrogens is 178 g/mol. The summed E-state index contributed by atoms with van der Waals surface area (Å²) in [5, 5.41) is 0. The van der Waals surface area contributed by atoms with Gasteiger partial charge < -0.3 is 0 Å². The molecule has 2 nitrogen and oxygen atoms in total. The normalized spacial score (nSPS) is 10.1. The van der Waals surface area contributed by atoms with Crippen LogP contribution in [0.2, 0.25) is 0 Å². The molecule has 0 aromatic heterocycles. The van der Waals surface area contributed by atoms with E-state index in [1.165, 1.54) is 12.1 Å². The third-order valence-electron chi connectivity index (χ3n) is 1.61. The molecule has 1 rings (SSSR count). The molecule has 68 valence electrons. The topological polar surface area (TPSA) is 34.1 Å². The van der Waals surface area contributed by atoms with Gasteiger partial charge in [-0.05, 0) is 6.07 Å². The van der Waals surface area contributed by atoms with Crippen molar-refractivity contribution in [2.45, 2.75) is 6.43 Å². The smallest absolute Gasteiger partial charge is 0.264 e. The number of carbonyl (C=O) groups excluding carboxylic acids is 2. The Labute approximate surface area is 73.2 Å². The van der Waals surface area contributed by atoms with Crippen molar-refractivity contribution in [2.24, 2.45) is 0 Å². The fourth-order valence-corrected chi connectivity index (χ4v) is 0.963. The Morgan fingerprint density at radius 2 is 1.85 bits per heavy atom. The van der Waals surface area contributed by atoms with Gasteiger partial charge in [-0.1, -0.05) is 12.1 Å². The maximum atomic E-state index is 12.3. The molecule has 0 aliphatic rings. The van der Waals surface area contributed by atoms with Gasteiger partial charge in [0.05, 0.1) is 0 Å². The standard InChI is InChI=1S/C9H6F2O2/c10-9(11)8-3-6(4-12)1-2-7(8)5-13/h1-5,9H. The fraction of sp³-hybridized carbons (Fsp3) is 0.111. The van der Waals surface area contributed by atoms with Crippen molar-refractivity contribution >= 4 is 12.6 Å². The number of carbonyl (C=O) groups is 2. The maximum absolute atomic E-state index is 12.3. The lowest BCUT2D eigenvalue weighted by molar-refractivity contribution is 0.110. The number of hydrogen-bond donors (Lipinski definition) is 0. The summed E-state index contributed by atoms with van der Waals surface area (Å²) in [5.41, 5.74) is -0.346. The molecule has 0 unspecified atom stereocenters. The van der Waals surface area contributed by atoms with E-state index < -0.39 is 12.0 Å². The molecule has 1 aromatic carbocycles. The van der Waals surface area contributed by atoms with E-state index in [1.807, 2.05) is 0 Å². The first-order valence-electron chi connectivity index (χ1n) is 3.51. The SMILES string of the molecule is O=Cc1ccc(C=O)c(C(F)F)c1. The van der Waals surface area contributed by atoms with Crippen molar-refractivity contribution in [1.29, 1.82) is 0 Å². The number of alkyl halides is 2. The Morgan fingerprint density at radius 1 is 1.15 bits per heavy atom. The molecule has 0 amide bonds. The van der Waals surface area contributed by atoms with Crippen molar-refractivity contribution < 1.29 is 18.4 Å². The largest absolute Gasteiger partial charge is 0.298 e. The Balaban J connectivity index is 3.25. The molecule has 13 heavy (non-hydrogen) atoms. The van der Waals surface area contributed by atoms with Gasteiger partial charge in [0, 0.05) is 16.7 Å². The summed E-state index contributed by atoms with van der Waals surface area (Å²) in [5.74, 6) is 0. The highest BCUT2D eigenvalue weighted by molar-refractivity contribution is 5.82. The number of benzene rings is 1. The van der Waals surface area contributed by atoms with Crippen LogP contribution in [0.5, 0.6) is 0 Å². The lowest BCUT2D eigenvalue weighted by atomic mass is 10.1. The Bertz CT molecular complexity index is 334. The van der Waals surface area contributed by atoms with Crippen LogP contribution in [0, 0.1) is 0 Å². The van der Waals surface area contributed by atoms with Gasteiger partial charge in [0.1, 0.15) is 6.29 Å². The lowest BCUT2D eigenvalue weighted by Crippen LogP contribution is -1.94.